The molecule has 1 saturated heterocycles. The summed E-state index contributed by atoms with van der Waals surface area (Å²) >= 11 is 0. The van der Waals surface area contributed by atoms with Crippen LogP contribution in [-0.4, -0.2) is 41.9 Å². The molecule has 19 heavy (non-hydrogen) atoms. The summed E-state index contributed by atoms with van der Waals surface area (Å²) in [4.78, 5) is 26.2. The second-order valence-corrected chi connectivity index (χ2v) is 5.65. The van der Waals surface area contributed by atoms with Crippen LogP contribution in [0.4, 0.5) is 0 Å². The highest BCUT2D eigenvalue weighted by Gasteiger charge is 2.38. The van der Waals surface area contributed by atoms with Gasteiger partial charge in [-0.15, -0.1) is 0 Å². The van der Waals surface area contributed by atoms with Gasteiger partial charge in [-0.1, -0.05) is 17.7 Å². The van der Waals surface area contributed by atoms with Crippen molar-refractivity contribution in [3.8, 4) is 0 Å². The van der Waals surface area contributed by atoms with E-state index >= 15 is 0 Å². The molecular formula is C14H19N3O2. The van der Waals surface area contributed by atoms with Crippen molar-refractivity contribution in [1.29, 1.82) is 0 Å². The summed E-state index contributed by atoms with van der Waals surface area (Å²) in [5.41, 5.74) is 7.88. The molecule has 3 aliphatic rings. The Bertz CT molecular complexity index is 493. The molecule has 3 N–H and O–H groups in total. The number of amides is 2. The van der Waals surface area contributed by atoms with Crippen molar-refractivity contribution < 1.29 is 9.59 Å². The number of carbonyl (C=O) groups is 2. The van der Waals surface area contributed by atoms with Gasteiger partial charge in [-0.05, 0) is 31.3 Å². The highest BCUT2D eigenvalue weighted by Crippen LogP contribution is 2.35. The fraction of sp³-hybridized carbons (Fsp3) is 0.571. The number of rotatable bonds is 2. The molecule has 2 unspecified atom stereocenters. The lowest BCUT2D eigenvalue weighted by atomic mass is 9.84. The van der Waals surface area contributed by atoms with Crippen LogP contribution in [0.2, 0.25) is 0 Å². The monoisotopic (exact) mass is 261 g/mol. The molecule has 0 spiro atoms. The van der Waals surface area contributed by atoms with Crippen LogP contribution in [0.5, 0.6) is 0 Å². The summed E-state index contributed by atoms with van der Waals surface area (Å²) in [6.45, 7) is 3.15. The van der Waals surface area contributed by atoms with E-state index in [0.717, 1.165) is 31.5 Å². The second-order valence-electron chi connectivity index (χ2n) is 5.65. The Hall–Kier alpha value is -1.62. The van der Waals surface area contributed by atoms with Gasteiger partial charge in [0, 0.05) is 13.1 Å². The molecule has 0 radical (unpaired) electrons. The number of fused-ring (bicyclic) bond motifs is 3. The van der Waals surface area contributed by atoms with Crippen molar-refractivity contribution in [2.45, 2.75) is 31.8 Å². The van der Waals surface area contributed by atoms with Gasteiger partial charge in [0.1, 0.15) is 6.04 Å². The molecule has 2 amide bonds. The number of hydrogen-bond acceptors (Lipinski definition) is 3. The Morgan fingerprint density at radius 2 is 2.37 bits per heavy atom. The third-order valence-electron chi connectivity index (χ3n) is 4.17. The van der Waals surface area contributed by atoms with Crippen LogP contribution >= 0.6 is 0 Å². The lowest BCUT2D eigenvalue weighted by Gasteiger charge is -2.32. The molecular weight excluding hydrogens is 242 g/mol. The van der Waals surface area contributed by atoms with Gasteiger partial charge in [-0.25, -0.2) is 0 Å². The molecule has 102 valence electrons. The minimum Gasteiger partial charge on any atom is -0.340 e. The number of carbonyl (C=O) groups excluding carboxylic acids is 2. The zero-order valence-electron chi connectivity index (χ0n) is 11.1. The highest BCUT2D eigenvalue weighted by molar-refractivity contribution is 5.93. The molecule has 1 fully saturated rings. The van der Waals surface area contributed by atoms with Crippen LogP contribution in [0.25, 0.3) is 0 Å². The molecule has 2 aliphatic heterocycles. The Morgan fingerprint density at radius 1 is 1.58 bits per heavy atom. The molecule has 5 heteroatoms. The highest BCUT2D eigenvalue weighted by atomic mass is 16.2. The summed E-state index contributed by atoms with van der Waals surface area (Å²) < 4.78 is 0. The minimum absolute atomic E-state index is 0.00745. The Labute approximate surface area is 112 Å². The molecule has 0 aromatic heterocycles. The van der Waals surface area contributed by atoms with Crippen LogP contribution in [0.15, 0.2) is 23.3 Å². The number of hydrogen-bond donors (Lipinski definition) is 2. The first-order valence-corrected chi connectivity index (χ1v) is 6.81. The Balaban J connectivity index is 1.96. The van der Waals surface area contributed by atoms with Crippen molar-refractivity contribution >= 4 is 11.8 Å². The molecule has 1 aliphatic carbocycles. The number of nitrogens with two attached hydrogens (primary N) is 1. The minimum atomic E-state index is -0.600. The van der Waals surface area contributed by atoms with E-state index in [4.69, 9.17) is 5.73 Å². The first-order chi connectivity index (χ1) is 9.06. The van der Waals surface area contributed by atoms with Gasteiger partial charge < -0.3 is 16.0 Å². The fourth-order valence-corrected chi connectivity index (χ4v) is 3.11. The molecule has 0 saturated carbocycles. The molecule has 0 aromatic carbocycles. The number of nitrogens with one attached hydrogen (secondary N) is 1. The first-order valence-electron chi connectivity index (χ1n) is 6.81. The van der Waals surface area contributed by atoms with Gasteiger partial charge in [0.05, 0.1) is 6.04 Å². The predicted octanol–water partition coefficient (Wildman–Crippen LogP) is -0.0630. The zero-order chi connectivity index (χ0) is 13.6. The van der Waals surface area contributed by atoms with Gasteiger partial charge in [0.2, 0.25) is 11.8 Å². The topological polar surface area (TPSA) is 75.4 Å². The molecule has 5 nitrogen and oxygen atoms in total. The van der Waals surface area contributed by atoms with E-state index in [1.165, 1.54) is 5.57 Å². The van der Waals surface area contributed by atoms with E-state index in [1.54, 1.807) is 6.92 Å². The average Bonchev–Trinajstić information content (AvgIpc) is 2.61. The molecule has 0 aromatic rings. The molecule has 3 atom stereocenters. The van der Waals surface area contributed by atoms with Crippen LogP contribution in [0, 0.1) is 5.92 Å². The molecule has 3 rings (SSSR count). The zero-order valence-corrected chi connectivity index (χ0v) is 11.1. The third-order valence-corrected chi connectivity index (χ3v) is 4.17. The van der Waals surface area contributed by atoms with Crippen LogP contribution in [-0.2, 0) is 9.59 Å². The van der Waals surface area contributed by atoms with Crippen LogP contribution < -0.4 is 11.1 Å². The van der Waals surface area contributed by atoms with Crippen molar-refractivity contribution in [3.05, 3.63) is 23.3 Å². The van der Waals surface area contributed by atoms with Crippen molar-refractivity contribution in [3.63, 3.8) is 0 Å². The summed E-state index contributed by atoms with van der Waals surface area (Å²) in [5.74, 6) is 0.173. The summed E-state index contributed by atoms with van der Waals surface area (Å²) in [6, 6.07) is -1.15. The lowest BCUT2D eigenvalue weighted by molar-refractivity contribution is -0.135. The van der Waals surface area contributed by atoms with Gasteiger partial charge in [-0.2, -0.15) is 0 Å². The fourth-order valence-electron chi connectivity index (χ4n) is 3.11. The van der Waals surface area contributed by atoms with E-state index in [-0.39, 0.29) is 11.8 Å². The SMILES string of the molecule is C[C@H](N)C(=O)NC1C(=O)N2CCC3=C1C=CC(C3)C2. The van der Waals surface area contributed by atoms with Crippen LogP contribution in [0.3, 0.4) is 0 Å². The Kier molecular flexibility index (Phi) is 2.93. The first kappa shape index (κ1) is 12.4. The van der Waals surface area contributed by atoms with Crippen LogP contribution in [0.1, 0.15) is 19.8 Å². The second kappa shape index (κ2) is 4.49. The maximum Gasteiger partial charge on any atom is 0.249 e. The van der Waals surface area contributed by atoms with E-state index < -0.39 is 12.1 Å². The standard InChI is InChI=1S/C14H19N3O2/c1-8(15)13(18)16-12-11-3-2-9-6-10(11)4-5-17(7-9)14(12)19/h2-3,8-9,12H,4-7,15H2,1H3,(H,16,18)/t8-,9?,12?/m0/s1. The lowest BCUT2D eigenvalue weighted by Crippen LogP contribution is -2.53. The van der Waals surface area contributed by atoms with E-state index in [9.17, 15) is 9.59 Å². The summed E-state index contributed by atoms with van der Waals surface area (Å²) in [5, 5.41) is 2.80. The van der Waals surface area contributed by atoms with E-state index in [1.807, 2.05) is 11.0 Å². The van der Waals surface area contributed by atoms with Crippen molar-refractivity contribution in [2.24, 2.45) is 11.7 Å². The molecule has 2 heterocycles. The van der Waals surface area contributed by atoms with E-state index in [2.05, 4.69) is 11.4 Å². The van der Waals surface area contributed by atoms with Gasteiger partial charge in [0.15, 0.2) is 0 Å². The quantitative estimate of drug-likeness (QED) is 0.731. The normalized spacial score (nSPS) is 30.4. The van der Waals surface area contributed by atoms with Gasteiger partial charge >= 0.3 is 0 Å². The maximum absolute atomic E-state index is 12.5. The largest absolute Gasteiger partial charge is 0.340 e. The van der Waals surface area contributed by atoms with E-state index in [0.29, 0.717) is 5.92 Å². The van der Waals surface area contributed by atoms with Crippen molar-refractivity contribution in [2.75, 3.05) is 13.1 Å². The number of nitrogens with zero attached hydrogens (tertiary/aromatic N) is 1. The van der Waals surface area contributed by atoms with Crippen molar-refractivity contribution in [1.82, 2.24) is 10.2 Å². The van der Waals surface area contributed by atoms with Gasteiger partial charge in [-0.3, -0.25) is 9.59 Å². The smallest absolute Gasteiger partial charge is 0.249 e. The maximum atomic E-state index is 12.5. The summed E-state index contributed by atoms with van der Waals surface area (Å²) in [6.07, 6.45) is 6.12. The predicted molar refractivity (Wildman–Crippen MR) is 71.1 cm³/mol. The summed E-state index contributed by atoms with van der Waals surface area (Å²) in [7, 11) is 0. The average molecular weight is 261 g/mol. The molecule has 3 bridgehead atoms. The van der Waals surface area contributed by atoms with Gasteiger partial charge in [0.25, 0.3) is 0 Å². The Morgan fingerprint density at radius 3 is 3.11 bits per heavy atom. The third kappa shape index (κ3) is 2.08.